The van der Waals surface area contributed by atoms with Gasteiger partial charge in [-0.05, 0) is 36.2 Å². The van der Waals surface area contributed by atoms with Crippen molar-refractivity contribution in [3.05, 3.63) is 57.5 Å². The van der Waals surface area contributed by atoms with E-state index < -0.39 is 5.76 Å². The molecular formula is C19H16ClNO6. The summed E-state index contributed by atoms with van der Waals surface area (Å²) in [7, 11) is 0. The molecule has 27 heavy (non-hydrogen) atoms. The molecule has 0 atom stereocenters. The number of carbonyl (C=O) groups excluding carboxylic acids is 1. The predicted molar refractivity (Wildman–Crippen MR) is 97.1 cm³/mol. The Morgan fingerprint density at radius 2 is 2.07 bits per heavy atom. The van der Waals surface area contributed by atoms with Gasteiger partial charge in [0.25, 0.3) is 0 Å². The van der Waals surface area contributed by atoms with Crippen LogP contribution in [0.3, 0.4) is 0 Å². The molecular weight excluding hydrogens is 374 g/mol. The number of para-hydroxylation sites is 2. The molecule has 0 fully saturated rings. The standard InChI is InChI=1S/C19H16ClNO6/c20-13-8-12(9-16-18(13)26-11-25-16)10-24-17(22)6-3-7-21-14-4-1-2-5-15(14)27-19(21)23/h1-2,4-5,8-9H,3,6-7,10-11H2. The summed E-state index contributed by atoms with van der Waals surface area (Å²) in [4.78, 5) is 23.9. The SMILES string of the molecule is O=C(CCCn1c(=O)oc2ccccc21)OCc1cc(Cl)c2c(c1)OCO2. The number of benzene rings is 2. The van der Waals surface area contributed by atoms with Gasteiger partial charge in [0.15, 0.2) is 17.1 Å². The van der Waals surface area contributed by atoms with Gasteiger partial charge in [-0.1, -0.05) is 23.7 Å². The third kappa shape index (κ3) is 3.64. The molecule has 8 heteroatoms. The van der Waals surface area contributed by atoms with E-state index in [0.717, 1.165) is 5.56 Å². The van der Waals surface area contributed by atoms with Gasteiger partial charge in [-0.3, -0.25) is 9.36 Å². The van der Waals surface area contributed by atoms with Crippen molar-refractivity contribution in [2.45, 2.75) is 26.0 Å². The maximum Gasteiger partial charge on any atom is 0.419 e. The zero-order valence-corrected chi connectivity index (χ0v) is 15.0. The van der Waals surface area contributed by atoms with E-state index in [1.54, 1.807) is 24.3 Å². The first kappa shape index (κ1) is 17.5. The highest BCUT2D eigenvalue weighted by Gasteiger charge is 2.18. The molecule has 0 aliphatic carbocycles. The van der Waals surface area contributed by atoms with Crippen LogP contribution in [0.2, 0.25) is 5.02 Å². The first-order chi connectivity index (χ1) is 13.1. The number of ether oxygens (including phenoxy) is 3. The Morgan fingerprint density at radius 1 is 1.22 bits per heavy atom. The minimum absolute atomic E-state index is 0.0871. The van der Waals surface area contributed by atoms with Crippen LogP contribution in [0.1, 0.15) is 18.4 Å². The Bertz CT molecular complexity index is 1050. The molecule has 0 saturated heterocycles. The molecule has 0 N–H and O–H groups in total. The molecule has 1 aliphatic rings. The topological polar surface area (TPSA) is 79.9 Å². The molecule has 4 rings (SSSR count). The third-order valence-electron chi connectivity index (χ3n) is 4.22. The quantitative estimate of drug-likeness (QED) is 0.600. The van der Waals surface area contributed by atoms with Gasteiger partial charge in [0.05, 0.1) is 10.5 Å². The maximum absolute atomic E-state index is 12.0. The number of fused-ring (bicyclic) bond motifs is 2. The third-order valence-corrected chi connectivity index (χ3v) is 4.50. The highest BCUT2D eigenvalue weighted by Crippen LogP contribution is 2.39. The van der Waals surface area contributed by atoms with Gasteiger partial charge in [0, 0.05) is 13.0 Å². The summed E-state index contributed by atoms with van der Waals surface area (Å²) in [5.41, 5.74) is 1.96. The molecule has 2 heterocycles. The van der Waals surface area contributed by atoms with Crippen molar-refractivity contribution in [3.63, 3.8) is 0 Å². The van der Waals surface area contributed by atoms with Crippen LogP contribution >= 0.6 is 11.6 Å². The molecule has 0 radical (unpaired) electrons. The lowest BCUT2D eigenvalue weighted by Gasteiger charge is -2.07. The van der Waals surface area contributed by atoms with Gasteiger partial charge < -0.3 is 18.6 Å². The monoisotopic (exact) mass is 389 g/mol. The molecule has 0 amide bonds. The van der Waals surface area contributed by atoms with Crippen LogP contribution in [0.15, 0.2) is 45.6 Å². The summed E-state index contributed by atoms with van der Waals surface area (Å²) in [6.07, 6.45) is 0.647. The van der Waals surface area contributed by atoms with Crippen LogP contribution in [-0.2, 0) is 22.7 Å². The van der Waals surface area contributed by atoms with Gasteiger partial charge in [-0.15, -0.1) is 0 Å². The van der Waals surface area contributed by atoms with Gasteiger partial charge in [-0.2, -0.15) is 0 Å². The average molecular weight is 390 g/mol. The van der Waals surface area contributed by atoms with E-state index in [9.17, 15) is 9.59 Å². The van der Waals surface area contributed by atoms with Crippen LogP contribution in [0, 0.1) is 0 Å². The average Bonchev–Trinajstić information content (AvgIpc) is 3.25. The van der Waals surface area contributed by atoms with E-state index >= 15 is 0 Å². The molecule has 140 valence electrons. The second kappa shape index (κ2) is 7.36. The fourth-order valence-electron chi connectivity index (χ4n) is 2.95. The number of carbonyl (C=O) groups is 1. The van der Waals surface area contributed by atoms with Crippen molar-refractivity contribution in [2.24, 2.45) is 0 Å². The summed E-state index contributed by atoms with van der Waals surface area (Å²) in [6.45, 7) is 0.588. The van der Waals surface area contributed by atoms with Gasteiger partial charge in [-0.25, -0.2) is 4.79 Å². The lowest BCUT2D eigenvalue weighted by Crippen LogP contribution is -2.15. The second-order valence-corrected chi connectivity index (χ2v) is 6.47. The molecule has 3 aromatic rings. The van der Waals surface area contributed by atoms with Crippen molar-refractivity contribution >= 4 is 28.7 Å². The van der Waals surface area contributed by atoms with Crippen LogP contribution in [0.25, 0.3) is 11.1 Å². The summed E-state index contributed by atoms with van der Waals surface area (Å²) in [5, 5.41) is 0.419. The lowest BCUT2D eigenvalue weighted by molar-refractivity contribution is -0.145. The molecule has 7 nitrogen and oxygen atoms in total. The van der Waals surface area contributed by atoms with Crippen LogP contribution in [-0.4, -0.2) is 17.3 Å². The second-order valence-electron chi connectivity index (χ2n) is 6.06. The fraction of sp³-hybridized carbons (Fsp3) is 0.263. The van der Waals surface area contributed by atoms with E-state index in [-0.39, 0.29) is 25.8 Å². The molecule has 1 aromatic heterocycles. The number of oxazole rings is 1. The van der Waals surface area contributed by atoms with Crippen LogP contribution in [0.5, 0.6) is 11.5 Å². The predicted octanol–water partition coefficient (Wildman–Crippen LogP) is 3.50. The first-order valence-corrected chi connectivity index (χ1v) is 8.81. The number of esters is 1. The van der Waals surface area contributed by atoms with Gasteiger partial charge in [0.1, 0.15) is 6.61 Å². The number of nitrogens with zero attached hydrogens (tertiary/aromatic N) is 1. The number of halogens is 1. The van der Waals surface area contributed by atoms with Crippen molar-refractivity contribution in [1.82, 2.24) is 4.57 Å². The summed E-state index contributed by atoms with van der Waals surface area (Å²) in [5.74, 6) is 0.258. The Balaban J connectivity index is 1.31. The van der Waals surface area contributed by atoms with E-state index in [1.165, 1.54) is 4.57 Å². The van der Waals surface area contributed by atoms with E-state index in [1.807, 2.05) is 12.1 Å². The lowest BCUT2D eigenvalue weighted by atomic mass is 10.2. The summed E-state index contributed by atoms with van der Waals surface area (Å²) < 4.78 is 22.5. The normalized spacial score (nSPS) is 12.5. The maximum atomic E-state index is 12.0. The molecule has 0 unspecified atom stereocenters. The largest absolute Gasteiger partial charge is 0.461 e. The molecule has 0 bridgehead atoms. The fourth-order valence-corrected chi connectivity index (χ4v) is 3.24. The van der Waals surface area contributed by atoms with Crippen molar-refractivity contribution in [2.75, 3.05) is 6.79 Å². The first-order valence-electron chi connectivity index (χ1n) is 8.44. The Morgan fingerprint density at radius 3 is 2.96 bits per heavy atom. The Labute approximate surface area is 159 Å². The number of hydrogen-bond donors (Lipinski definition) is 0. The zero-order valence-electron chi connectivity index (χ0n) is 14.3. The highest BCUT2D eigenvalue weighted by atomic mass is 35.5. The van der Waals surface area contributed by atoms with E-state index in [2.05, 4.69) is 0 Å². The van der Waals surface area contributed by atoms with Gasteiger partial charge in [0.2, 0.25) is 6.79 Å². The van der Waals surface area contributed by atoms with Crippen LogP contribution < -0.4 is 15.2 Å². The molecule has 0 spiro atoms. The summed E-state index contributed by atoms with van der Waals surface area (Å²) in [6, 6.07) is 10.6. The van der Waals surface area contributed by atoms with E-state index in [0.29, 0.717) is 40.6 Å². The molecule has 1 aliphatic heterocycles. The minimum atomic E-state index is -0.431. The number of aryl methyl sites for hydroxylation is 1. The van der Waals surface area contributed by atoms with Crippen molar-refractivity contribution in [1.29, 1.82) is 0 Å². The van der Waals surface area contributed by atoms with Crippen molar-refractivity contribution < 1.29 is 23.4 Å². The summed E-state index contributed by atoms with van der Waals surface area (Å²) >= 11 is 6.11. The zero-order chi connectivity index (χ0) is 18.8. The molecule has 0 saturated carbocycles. The number of aromatic nitrogens is 1. The highest BCUT2D eigenvalue weighted by molar-refractivity contribution is 6.32. The van der Waals surface area contributed by atoms with Crippen molar-refractivity contribution in [3.8, 4) is 11.5 Å². The number of hydrogen-bond acceptors (Lipinski definition) is 6. The Kier molecular flexibility index (Phi) is 4.77. The Hall–Kier alpha value is -2.93. The van der Waals surface area contributed by atoms with E-state index in [4.69, 9.17) is 30.2 Å². The molecule has 2 aromatic carbocycles. The number of rotatable bonds is 6. The van der Waals surface area contributed by atoms with Crippen LogP contribution in [0.4, 0.5) is 0 Å². The minimum Gasteiger partial charge on any atom is -0.461 e. The van der Waals surface area contributed by atoms with Gasteiger partial charge >= 0.3 is 11.7 Å². The smallest absolute Gasteiger partial charge is 0.419 e.